The molecule has 6 heteroatoms. The van der Waals surface area contributed by atoms with Crippen LogP contribution in [-0.4, -0.2) is 37.6 Å². The number of carboxylic acid groups (broad SMARTS) is 1. The Kier molecular flexibility index (Phi) is 3.54. The minimum atomic E-state index is -3.34. The van der Waals surface area contributed by atoms with E-state index >= 15 is 0 Å². The zero-order valence-corrected chi connectivity index (χ0v) is 11.6. The maximum Gasteiger partial charge on any atom is 0.308 e. The van der Waals surface area contributed by atoms with Crippen LogP contribution in [0.1, 0.15) is 18.4 Å². The number of hydrogen-bond donors (Lipinski definition) is 1. The Bertz CT molecular complexity index is 576. The monoisotopic (exact) mass is 284 g/mol. The van der Waals surface area contributed by atoms with Gasteiger partial charge in [-0.2, -0.15) is 0 Å². The number of carbonyl (C=O) groups is 1. The largest absolute Gasteiger partial charge is 0.497 e. The van der Waals surface area contributed by atoms with Crippen LogP contribution >= 0.6 is 0 Å². The molecular formula is C13H16O5S. The minimum Gasteiger partial charge on any atom is -0.497 e. The van der Waals surface area contributed by atoms with Crippen LogP contribution in [0.4, 0.5) is 0 Å². The van der Waals surface area contributed by atoms with Gasteiger partial charge in [0.1, 0.15) is 5.75 Å². The van der Waals surface area contributed by atoms with Gasteiger partial charge in [-0.15, -0.1) is 0 Å². The van der Waals surface area contributed by atoms with Gasteiger partial charge in [-0.25, -0.2) is 8.42 Å². The van der Waals surface area contributed by atoms with Gasteiger partial charge in [-0.05, 0) is 17.7 Å². The molecule has 0 radical (unpaired) electrons. The quantitative estimate of drug-likeness (QED) is 0.881. The van der Waals surface area contributed by atoms with Crippen molar-refractivity contribution >= 4 is 15.8 Å². The van der Waals surface area contributed by atoms with E-state index in [1.54, 1.807) is 24.3 Å². The van der Waals surface area contributed by atoms with E-state index in [1.165, 1.54) is 14.0 Å². The Morgan fingerprint density at radius 3 is 2.32 bits per heavy atom. The predicted molar refractivity (Wildman–Crippen MR) is 70.1 cm³/mol. The molecule has 2 rings (SSSR count). The summed E-state index contributed by atoms with van der Waals surface area (Å²) in [6.07, 6.45) is 0. The highest BCUT2D eigenvalue weighted by atomic mass is 32.2. The lowest BCUT2D eigenvalue weighted by molar-refractivity contribution is -0.138. The van der Waals surface area contributed by atoms with Crippen molar-refractivity contribution < 1.29 is 23.1 Å². The highest BCUT2D eigenvalue weighted by Crippen LogP contribution is 2.52. The molecule has 0 aromatic heterocycles. The summed E-state index contributed by atoms with van der Waals surface area (Å²) in [6, 6.07) is 6.87. The summed E-state index contributed by atoms with van der Waals surface area (Å²) in [5, 5.41) is 8.32. The summed E-state index contributed by atoms with van der Waals surface area (Å²) in [6.45, 7) is 1.54. The number of benzene rings is 1. The molecule has 19 heavy (non-hydrogen) atoms. The first-order valence-corrected chi connectivity index (χ1v) is 7.72. The van der Waals surface area contributed by atoms with Gasteiger partial charge in [0.25, 0.3) is 0 Å². The molecule has 0 amide bonds. The van der Waals surface area contributed by atoms with Crippen molar-refractivity contribution in [1.29, 1.82) is 0 Å². The number of methoxy groups -OCH3 is 1. The lowest BCUT2D eigenvalue weighted by Crippen LogP contribution is -2.14. The van der Waals surface area contributed by atoms with Crippen molar-refractivity contribution in [3.63, 3.8) is 0 Å². The van der Waals surface area contributed by atoms with Gasteiger partial charge in [0.05, 0.1) is 18.3 Å². The van der Waals surface area contributed by atoms with Crippen molar-refractivity contribution in [2.45, 2.75) is 18.1 Å². The van der Waals surface area contributed by atoms with Gasteiger partial charge >= 0.3 is 5.97 Å². The lowest BCUT2D eigenvalue weighted by Gasteiger charge is -2.03. The lowest BCUT2D eigenvalue weighted by atomic mass is 10.1. The van der Waals surface area contributed by atoms with Gasteiger partial charge in [-0.3, -0.25) is 4.79 Å². The SMILES string of the molecule is CCS(=O)(=O)[C@@H]1[C@H](C(=O)O)[C@H]1c1ccc(OC)cc1. The van der Waals surface area contributed by atoms with Crippen LogP contribution in [0.15, 0.2) is 24.3 Å². The van der Waals surface area contributed by atoms with Crippen molar-refractivity contribution in [2.75, 3.05) is 12.9 Å². The molecule has 1 fully saturated rings. The number of sulfone groups is 1. The second kappa shape index (κ2) is 4.85. The first-order valence-electron chi connectivity index (χ1n) is 6.00. The van der Waals surface area contributed by atoms with Crippen LogP contribution in [0, 0.1) is 5.92 Å². The topological polar surface area (TPSA) is 80.7 Å². The van der Waals surface area contributed by atoms with Crippen LogP contribution in [-0.2, 0) is 14.6 Å². The summed E-state index contributed by atoms with van der Waals surface area (Å²) in [5.41, 5.74) is 0.732. The van der Waals surface area contributed by atoms with E-state index in [0.717, 1.165) is 5.56 Å². The zero-order chi connectivity index (χ0) is 14.2. The number of ether oxygens (including phenoxy) is 1. The summed E-state index contributed by atoms with van der Waals surface area (Å²) in [4.78, 5) is 11.2. The molecule has 104 valence electrons. The molecular weight excluding hydrogens is 268 g/mol. The van der Waals surface area contributed by atoms with Crippen LogP contribution in [0.2, 0.25) is 0 Å². The molecule has 1 aliphatic rings. The van der Waals surface area contributed by atoms with Crippen molar-refractivity contribution in [3.8, 4) is 5.75 Å². The van der Waals surface area contributed by atoms with E-state index < -0.39 is 32.9 Å². The maximum atomic E-state index is 11.9. The Labute approximate surface area is 112 Å². The molecule has 5 nitrogen and oxygen atoms in total. The smallest absolute Gasteiger partial charge is 0.308 e. The molecule has 0 aliphatic heterocycles. The Balaban J connectivity index is 2.30. The number of aliphatic carboxylic acids is 1. The molecule has 1 aromatic rings. The van der Waals surface area contributed by atoms with E-state index in [2.05, 4.69) is 0 Å². The van der Waals surface area contributed by atoms with Crippen LogP contribution < -0.4 is 4.74 Å². The third-order valence-electron chi connectivity index (χ3n) is 3.56. The third kappa shape index (κ3) is 2.45. The minimum absolute atomic E-state index is 0.0336. The van der Waals surface area contributed by atoms with E-state index in [4.69, 9.17) is 9.84 Å². The highest BCUT2D eigenvalue weighted by Gasteiger charge is 2.62. The summed E-state index contributed by atoms with van der Waals surface area (Å²) in [5.74, 6) is -1.71. The number of rotatable bonds is 5. The molecule has 0 heterocycles. The van der Waals surface area contributed by atoms with E-state index in [-0.39, 0.29) is 5.75 Å². The average Bonchev–Trinajstić information content (AvgIpc) is 3.15. The van der Waals surface area contributed by atoms with Gasteiger partial charge in [0, 0.05) is 11.7 Å². The number of carboxylic acids is 1. The van der Waals surface area contributed by atoms with Crippen molar-refractivity contribution in [3.05, 3.63) is 29.8 Å². The molecule has 1 aromatic carbocycles. The normalized spacial score (nSPS) is 25.9. The van der Waals surface area contributed by atoms with Gasteiger partial charge in [0.2, 0.25) is 0 Å². The Morgan fingerprint density at radius 1 is 1.32 bits per heavy atom. The van der Waals surface area contributed by atoms with E-state index in [0.29, 0.717) is 5.75 Å². The Hall–Kier alpha value is -1.56. The fourth-order valence-corrected chi connectivity index (χ4v) is 4.24. The average molecular weight is 284 g/mol. The maximum absolute atomic E-state index is 11.9. The second-order valence-electron chi connectivity index (χ2n) is 4.58. The Morgan fingerprint density at radius 2 is 1.89 bits per heavy atom. The first kappa shape index (κ1) is 13.9. The fourth-order valence-electron chi connectivity index (χ4n) is 2.44. The van der Waals surface area contributed by atoms with E-state index in [9.17, 15) is 13.2 Å². The number of hydrogen-bond acceptors (Lipinski definition) is 4. The van der Waals surface area contributed by atoms with Gasteiger partial charge < -0.3 is 9.84 Å². The molecule has 0 bridgehead atoms. The molecule has 1 saturated carbocycles. The third-order valence-corrected chi connectivity index (χ3v) is 5.78. The highest BCUT2D eigenvalue weighted by molar-refractivity contribution is 7.92. The molecule has 0 unspecified atom stereocenters. The summed E-state index contributed by atoms with van der Waals surface area (Å²) in [7, 11) is -1.81. The fraction of sp³-hybridized carbons (Fsp3) is 0.462. The van der Waals surface area contributed by atoms with Crippen molar-refractivity contribution in [2.24, 2.45) is 5.92 Å². The second-order valence-corrected chi connectivity index (χ2v) is 7.03. The predicted octanol–water partition coefficient (Wildman–Crippen LogP) is 1.30. The molecule has 0 spiro atoms. The van der Waals surface area contributed by atoms with Crippen molar-refractivity contribution in [1.82, 2.24) is 0 Å². The molecule has 1 N–H and O–H groups in total. The van der Waals surface area contributed by atoms with Crippen LogP contribution in [0.3, 0.4) is 0 Å². The zero-order valence-electron chi connectivity index (χ0n) is 10.7. The standard InChI is InChI=1S/C13H16O5S/c1-3-19(16,17)12-10(11(12)13(14)15)8-4-6-9(18-2)7-5-8/h4-7,10-12H,3H2,1-2H3,(H,14,15)/t10-,11-,12+/m1/s1. The molecule has 1 aliphatic carbocycles. The van der Waals surface area contributed by atoms with Gasteiger partial charge in [-0.1, -0.05) is 19.1 Å². The first-order chi connectivity index (χ1) is 8.92. The van der Waals surface area contributed by atoms with Gasteiger partial charge in [0.15, 0.2) is 9.84 Å². The molecule has 3 atom stereocenters. The van der Waals surface area contributed by atoms with Crippen LogP contribution in [0.5, 0.6) is 5.75 Å². The van der Waals surface area contributed by atoms with E-state index in [1.807, 2.05) is 0 Å². The van der Waals surface area contributed by atoms with Crippen LogP contribution in [0.25, 0.3) is 0 Å². The molecule has 0 saturated heterocycles. The summed E-state index contributed by atoms with van der Waals surface area (Å²) >= 11 is 0. The summed E-state index contributed by atoms with van der Waals surface area (Å²) < 4.78 is 28.8.